The first-order valence-electron chi connectivity index (χ1n) is 11.2. The number of halogens is 6. The van der Waals surface area contributed by atoms with Crippen LogP contribution in [0.2, 0.25) is 0 Å². The lowest BCUT2D eigenvalue weighted by atomic mass is 9.85. The third-order valence-electron chi connectivity index (χ3n) is 5.72. The predicted octanol–water partition coefficient (Wildman–Crippen LogP) is 5.94. The van der Waals surface area contributed by atoms with E-state index in [-0.39, 0.29) is 54.4 Å². The monoisotopic (exact) mass is 528 g/mol. The average Bonchev–Trinajstić information content (AvgIpc) is 2.82. The molecule has 0 heterocycles. The Morgan fingerprint density at radius 2 is 1.46 bits per heavy atom. The van der Waals surface area contributed by atoms with Crippen LogP contribution in [-0.4, -0.2) is 22.8 Å². The number of benzene rings is 2. The van der Waals surface area contributed by atoms with Crippen molar-refractivity contribution < 1.29 is 45.9 Å². The number of hydrogen-bond acceptors (Lipinski definition) is 4. The van der Waals surface area contributed by atoms with E-state index in [4.69, 9.17) is 5.21 Å². The van der Waals surface area contributed by atoms with Crippen molar-refractivity contribution in [3.8, 4) is 0 Å². The summed E-state index contributed by atoms with van der Waals surface area (Å²) in [6.07, 6.45) is -7.57. The molecular formula is C25H22F6N2O4. The van der Waals surface area contributed by atoms with Crippen LogP contribution in [0.3, 0.4) is 0 Å². The van der Waals surface area contributed by atoms with Crippen molar-refractivity contribution >= 4 is 29.4 Å². The van der Waals surface area contributed by atoms with Gasteiger partial charge in [-0.2, -0.15) is 26.3 Å². The molecule has 1 aliphatic rings. The molecule has 1 aliphatic carbocycles. The van der Waals surface area contributed by atoms with Gasteiger partial charge in [0.15, 0.2) is 5.78 Å². The fourth-order valence-electron chi connectivity index (χ4n) is 3.91. The van der Waals surface area contributed by atoms with Crippen LogP contribution in [-0.2, 0) is 28.4 Å². The quantitative estimate of drug-likeness (QED) is 0.136. The number of hydroxylamine groups is 1. The summed E-state index contributed by atoms with van der Waals surface area (Å²) in [5, 5.41) is 11.1. The zero-order valence-electron chi connectivity index (χ0n) is 19.2. The summed E-state index contributed by atoms with van der Waals surface area (Å²) < 4.78 is 78.8. The lowest BCUT2D eigenvalue weighted by molar-refractivity contribution is -0.143. The average molecular weight is 528 g/mol. The van der Waals surface area contributed by atoms with Crippen LogP contribution in [0.1, 0.15) is 64.7 Å². The zero-order chi connectivity index (χ0) is 27.4. The third kappa shape index (κ3) is 7.42. The Kier molecular flexibility index (Phi) is 8.42. The summed E-state index contributed by atoms with van der Waals surface area (Å²) in [6.45, 7) is 0. The summed E-state index contributed by atoms with van der Waals surface area (Å²) in [7, 11) is 0. The van der Waals surface area contributed by atoms with Crippen LogP contribution in [0.25, 0.3) is 6.08 Å². The van der Waals surface area contributed by atoms with Crippen molar-refractivity contribution in [1.82, 2.24) is 5.48 Å². The van der Waals surface area contributed by atoms with Crippen LogP contribution in [0.4, 0.5) is 32.0 Å². The van der Waals surface area contributed by atoms with Crippen LogP contribution >= 0.6 is 0 Å². The van der Waals surface area contributed by atoms with Crippen LogP contribution in [0.5, 0.6) is 0 Å². The van der Waals surface area contributed by atoms with E-state index in [1.165, 1.54) is 17.6 Å². The highest BCUT2D eigenvalue weighted by Crippen LogP contribution is 2.37. The van der Waals surface area contributed by atoms with Gasteiger partial charge in [0.25, 0.3) is 0 Å². The number of unbranched alkanes of at least 4 members (excludes halogenated alkanes) is 1. The van der Waals surface area contributed by atoms with Crippen LogP contribution in [0, 0.1) is 0 Å². The first-order chi connectivity index (χ1) is 17.3. The van der Waals surface area contributed by atoms with Crippen molar-refractivity contribution in [2.45, 2.75) is 50.9 Å². The Morgan fingerprint density at radius 1 is 0.865 bits per heavy atom. The molecule has 2 aromatic carbocycles. The van der Waals surface area contributed by atoms with Gasteiger partial charge in [-0.05, 0) is 79.3 Å². The van der Waals surface area contributed by atoms with E-state index in [1.807, 2.05) is 0 Å². The Labute approximate surface area is 207 Å². The molecule has 0 aliphatic heterocycles. The SMILES string of the molecule is O=C(CCCCC(=O)Nc1ccc2c(c1)CC/C(=C\c1cc(C(F)(F)F)cc(C(F)(F)F)c1)C2=O)NO. The second-order valence-electron chi connectivity index (χ2n) is 8.50. The van der Waals surface area contributed by atoms with Gasteiger partial charge in [-0.15, -0.1) is 0 Å². The summed E-state index contributed by atoms with van der Waals surface area (Å²) >= 11 is 0. The van der Waals surface area contributed by atoms with Crippen molar-refractivity contribution in [1.29, 1.82) is 0 Å². The van der Waals surface area contributed by atoms with Gasteiger partial charge in [-0.1, -0.05) is 0 Å². The molecule has 0 saturated heterocycles. The largest absolute Gasteiger partial charge is 0.416 e. The number of nitrogens with one attached hydrogen (secondary N) is 2. The number of Topliss-reactive ketones (excluding diaryl/α,β-unsaturated/α-hetero) is 1. The molecule has 198 valence electrons. The Balaban J connectivity index is 1.75. The number of rotatable bonds is 7. The maximum atomic E-state index is 13.1. The highest BCUT2D eigenvalue weighted by molar-refractivity contribution is 6.13. The van der Waals surface area contributed by atoms with E-state index >= 15 is 0 Å². The van der Waals surface area contributed by atoms with E-state index in [2.05, 4.69) is 5.32 Å². The van der Waals surface area contributed by atoms with Gasteiger partial charge in [-0.25, -0.2) is 5.48 Å². The number of alkyl halides is 6. The van der Waals surface area contributed by atoms with E-state index in [0.29, 0.717) is 36.2 Å². The molecule has 2 aromatic rings. The molecule has 3 rings (SSSR count). The fraction of sp³-hybridized carbons (Fsp3) is 0.320. The highest BCUT2D eigenvalue weighted by atomic mass is 19.4. The number of carbonyl (C=O) groups excluding carboxylic acids is 3. The Hall–Kier alpha value is -3.67. The van der Waals surface area contributed by atoms with Gasteiger partial charge in [0.2, 0.25) is 11.8 Å². The normalized spacial score (nSPS) is 14.9. The minimum absolute atomic E-state index is 0.0294. The minimum Gasteiger partial charge on any atom is -0.326 e. The molecule has 0 atom stereocenters. The van der Waals surface area contributed by atoms with Gasteiger partial charge in [-0.3, -0.25) is 19.6 Å². The van der Waals surface area contributed by atoms with Gasteiger partial charge in [0.1, 0.15) is 0 Å². The number of carbonyl (C=O) groups is 3. The number of fused-ring (bicyclic) bond motifs is 1. The molecule has 0 radical (unpaired) electrons. The second-order valence-corrected chi connectivity index (χ2v) is 8.50. The number of allylic oxidation sites excluding steroid dienone is 1. The summed E-state index contributed by atoms with van der Waals surface area (Å²) in [5.41, 5.74) is -0.488. The smallest absolute Gasteiger partial charge is 0.326 e. The number of anilines is 1. The number of amides is 2. The molecule has 6 nitrogen and oxygen atoms in total. The van der Waals surface area contributed by atoms with Crippen molar-refractivity contribution in [3.63, 3.8) is 0 Å². The third-order valence-corrected chi connectivity index (χ3v) is 5.72. The number of hydrogen-bond donors (Lipinski definition) is 3. The lowest BCUT2D eigenvalue weighted by Crippen LogP contribution is -2.18. The van der Waals surface area contributed by atoms with Gasteiger partial charge < -0.3 is 5.32 Å². The van der Waals surface area contributed by atoms with Crippen LogP contribution < -0.4 is 10.8 Å². The zero-order valence-corrected chi connectivity index (χ0v) is 19.2. The van der Waals surface area contributed by atoms with Gasteiger partial charge in [0.05, 0.1) is 11.1 Å². The second kappa shape index (κ2) is 11.2. The Bertz CT molecular complexity index is 1200. The fourth-order valence-corrected chi connectivity index (χ4v) is 3.91. The summed E-state index contributed by atoms with van der Waals surface area (Å²) in [5.74, 6) is -1.40. The standard InChI is InChI=1S/C25H22F6N2O4/c26-24(27,28)17-10-14(11-18(13-17)25(29,30)31)9-16-6-5-15-12-19(7-8-20(15)23(16)36)32-21(34)3-1-2-4-22(35)33-37/h7-13,37H,1-6H2,(H,32,34)(H,33,35)/b16-9+. The molecule has 0 spiro atoms. The lowest BCUT2D eigenvalue weighted by Gasteiger charge is -2.19. The highest BCUT2D eigenvalue weighted by Gasteiger charge is 2.37. The molecule has 0 fully saturated rings. The Morgan fingerprint density at radius 3 is 2.03 bits per heavy atom. The molecular weight excluding hydrogens is 506 g/mol. The van der Waals surface area contributed by atoms with E-state index in [9.17, 15) is 40.7 Å². The van der Waals surface area contributed by atoms with Crippen molar-refractivity contribution in [3.05, 3.63) is 69.8 Å². The number of aryl methyl sites for hydroxylation is 1. The van der Waals surface area contributed by atoms with Crippen molar-refractivity contribution in [2.75, 3.05) is 5.32 Å². The predicted molar refractivity (Wildman–Crippen MR) is 121 cm³/mol. The van der Waals surface area contributed by atoms with Gasteiger partial charge >= 0.3 is 12.4 Å². The maximum absolute atomic E-state index is 13.1. The topological polar surface area (TPSA) is 95.5 Å². The molecule has 37 heavy (non-hydrogen) atoms. The molecule has 2 amide bonds. The molecule has 0 saturated carbocycles. The van der Waals surface area contributed by atoms with Crippen molar-refractivity contribution in [2.24, 2.45) is 0 Å². The number of ketones is 1. The molecule has 0 aromatic heterocycles. The molecule has 12 heteroatoms. The summed E-state index contributed by atoms with van der Waals surface area (Å²) in [6, 6.07) is 5.68. The van der Waals surface area contributed by atoms with Crippen LogP contribution in [0.15, 0.2) is 42.0 Å². The van der Waals surface area contributed by atoms with Gasteiger partial charge in [0, 0.05) is 29.7 Å². The summed E-state index contributed by atoms with van der Waals surface area (Å²) in [4.78, 5) is 36.0. The first-order valence-corrected chi connectivity index (χ1v) is 11.2. The van der Waals surface area contributed by atoms with E-state index in [1.54, 1.807) is 6.07 Å². The molecule has 0 bridgehead atoms. The van der Waals surface area contributed by atoms with E-state index in [0.717, 1.165) is 6.08 Å². The maximum Gasteiger partial charge on any atom is 0.416 e. The van der Waals surface area contributed by atoms with E-state index < -0.39 is 35.2 Å². The molecule has 3 N–H and O–H groups in total. The first kappa shape index (κ1) is 27.9. The minimum atomic E-state index is -4.99. The molecule has 0 unspecified atom stereocenters.